The van der Waals surface area contributed by atoms with Gasteiger partial charge in [-0.25, -0.2) is 0 Å². The van der Waals surface area contributed by atoms with E-state index in [9.17, 15) is 4.79 Å². The number of thioether (sulfide) groups is 1. The summed E-state index contributed by atoms with van der Waals surface area (Å²) in [7, 11) is 3.16. The topological polar surface area (TPSA) is 72.7 Å². The van der Waals surface area contributed by atoms with Crippen LogP contribution in [0.3, 0.4) is 0 Å². The second-order valence-corrected chi connectivity index (χ2v) is 7.41. The van der Waals surface area contributed by atoms with Gasteiger partial charge in [0.1, 0.15) is 5.75 Å². The molecule has 0 atom stereocenters. The first kappa shape index (κ1) is 21.7. The van der Waals surface area contributed by atoms with Gasteiger partial charge in [-0.15, -0.1) is 5.10 Å². The van der Waals surface area contributed by atoms with Crippen LogP contribution >= 0.6 is 11.8 Å². The van der Waals surface area contributed by atoms with Gasteiger partial charge < -0.3 is 14.2 Å². The Bertz CT molecular complexity index is 928. The van der Waals surface area contributed by atoms with E-state index in [0.717, 1.165) is 23.3 Å². The van der Waals surface area contributed by atoms with Crippen LogP contribution in [0.5, 0.6) is 17.2 Å². The maximum atomic E-state index is 12.3. The van der Waals surface area contributed by atoms with Gasteiger partial charge in [-0.2, -0.15) is 5.10 Å². The molecule has 1 heterocycles. The number of hydrogen-bond donors (Lipinski definition) is 0. The summed E-state index contributed by atoms with van der Waals surface area (Å²) < 4.78 is 16.3. The van der Waals surface area contributed by atoms with Gasteiger partial charge in [0.2, 0.25) is 5.91 Å². The van der Waals surface area contributed by atoms with Crippen LogP contribution in [0.2, 0.25) is 0 Å². The van der Waals surface area contributed by atoms with E-state index in [1.807, 2.05) is 42.5 Å². The molecule has 1 amide bonds. The largest absolute Gasteiger partial charge is 0.494 e. The number of methoxy groups -OCH3 is 2. The first-order valence-corrected chi connectivity index (χ1v) is 10.6. The number of ether oxygens (including phenoxy) is 3. The van der Waals surface area contributed by atoms with Crippen LogP contribution in [0.25, 0.3) is 0 Å². The molecule has 0 aromatic heterocycles. The van der Waals surface area contributed by atoms with Crippen LogP contribution in [0.4, 0.5) is 0 Å². The molecule has 0 bridgehead atoms. The number of amidine groups is 1. The summed E-state index contributed by atoms with van der Waals surface area (Å²) in [6.45, 7) is 3.20. The summed E-state index contributed by atoms with van der Waals surface area (Å²) in [6.07, 6.45) is 2.55. The van der Waals surface area contributed by atoms with Crippen molar-refractivity contribution >= 4 is 29.1 Å². The van der Waals surface area contributed by atoms with E-state index in [2.05, 4.69) is 17.1 Å². The van der Waals surface area contributed by atoms with Crippen LogP contribution in [0, 0.1) is 0 Å². The Morgan fingerprint density at radius 3 is 2.63 bits per heavy atom. The highest BCUT2D eigenvalue weighted by molar-refractivity contribution is 8.15. The maximum Gasteiger partial charge on any atom is 0.239 e. The van der Waals surface area contributed by atoms with Gasteiger partial charge in [-0.1, -0.05) is 36.9 Å². The zero-order chi connectivity index (χ0) is 21.3. The molecule has 3 rings (SSSR count). The molecular weight excluding hydrogens is 402 g/mol. The van der Waals surface area contributed by atoms with Crippen molar-refractivity contribution in [3.05, 3.63) is 53.6 Å². The van der Waals surface area contributed by atoms with Crippen molar-refractivity contribution in [2.24, 2.45) is 10.2 Å². The monoisotopic (exact) mass is 427 g/mol. The number of amides is 1. The highest BCUT2D eigenvalue weighted by Gasteiger charge is 2.28. The molecule has 2 aromatic rings. The summed E-state index contributed by atoms with van der Waals surface area (Å²) in [5.74, 6) is 2.40. The van der Waals surface area contributed by atoms with Crippen LogP contribution < -0.4 is 14.2 Å². The van der Waals surface area contributed by atoms with Gasteiger partial charge in [0.25, 0.3) is 0 Å². The molecule has 1 fully saturated rings. The standard InChI is InChI=1S/C22H25N3O4S/c1-4-12-29-18-10-8-16(9-11-18)14-25-20(26)15-30-22(25)24-23-13-17-6-5-7-19(27-2)21(17)28-3/h5-11,13H,4,12,14-15H2,1-3H3. The minimum absolute atomic E-state index is 0.0132. The number of rotatable bonds is 9. The van der Waals surface area contributed by atoms with E-state index >= 15 is 0 Å². The van der Waals surface area contributed by atoms with Crippen molar-refractivity contribution < 1.29 is 19.0 Å². The first-order chi connectivity index (χ1) is 14.7. The van der Waals surface area contributed by atoms with E-state index in [1.165, 1.54) is 11.8 Å². The van der Waals surface area contributed by atoms with Gasteiger partial charge in [0.15, 0.2) is 16.7 Å². The second kappa shape index (κ2) is 10.7. The lowest BCUT2D eigenvalue weighted by atomic mass is 10.2. The Labute approximate surface area is 180 Å². The Morgan fingerprint density at radius 2 is 1.93 bits per heavy atom. The van der Waals surface area contributed by atoms with E-state index in [4.69, 9.17) is 14.2 Å². The molecule has 8 heteroatoms. The lowest BCUT2D eigenvalue weighted by Gasteiger charge is -2.15. The predicted molar refractivity (Wildman–Crippen MR) is 120 cm³/mol. The number of carbonyl (C=O) groups is 1. The highest BCUT2D eigenvalue weighted by atomic mass is 32.2. The van der Waals surface area contributed by atoms with Crippen molar-refractivity contribution in [1.29, 1.82) is 0 Å². The minimum Gasteiger partial charge on any atom is -0.494 e. The summed E-state index contributed by atoms with van der Waals surface area (Å²) in [5.41, 5.74) is 1.74. The smallest absolute Gasteiger partial charge is 0.239 e. The molecule has 0 spiro atoms. The third kappa shape index (κ3) is 5.33. The number of hydrogen-bond acceptors (Lipinski definition) is 7. The SMILES string of the molecule is CCCOc1ccc(CN2C(=O)CSC2=NN=Cc2cccc(OC)c2OC)cc1. The molecule has 0 saturated carbocycles. The average Bonchev–Trinajstić information content (AvgIpc) is 3.12. The van der Waals surface area contributed by atoms with Crippen molar-refractivity contribution in [3.63, 3.8) is 0 Å². The Balaban J connectivity index is 1.72. The fraction of sp³-hybridized carbons (Fsp3) is 0.318. The quantitative estimate of drug-likeness (QED) is 0.447. The van der Waals surface area contributed by atoms with Gasteiger partial charge in [0, 0.05) is 5.56 Å². The lowest BCUT2D eigenvalue weighted by Crippen LogP contribution is -2.28. The normalized spacial score (nSPS) is 15.2. The third-order valence-corrected chi connectivity index (χ3v) is 5.32. The minimum atomic E-state index is 0.0132. The number of para-hydroxylation sites is 1. The predicted octanol–water partition coefficient (Wildman–Crippen LogP) is 3.96. The number of benzene rings is 2. The molecule has 7 nitrogen and oxygen atoms in total. The van der Waals surface area contributed by atoms with Crippen molar-refractivity contribution in [3.8, 4) is 17.2 Å². The first-order valence-electron chi connectivity index (χ1n) is 9.63. The van der Waals surface area contributed by atoms with E-state index in [0.29, 0.717) is 35.6 Å². The molecule has 30 heavy (non-hydrogen) atoms. The molecule has 1 aliphatic heterocycles. The Morgan fingerprint density at radius 1 is 1.13 bits per heavy atom. The highest BCUT2D eigenvalue weighted by Crippen LogP contribution is 2.29. The molecular formula is C22H25N3O4S. The second-order valence-electron chi connectivity index (χ2n) is 6.47. The van der Waals surface area contributed by atoms with Gasteiger partial charge >= 0.3 is 0 Å². The molecule has 0 N–H and O–H groups in total. The van der Waals surface area contributed by atoms with Crippen LogP contribution in [0.15, 0.2) is 52.7 Å². The van der Waals surface area contributed by atoms with Crippen molar-refractivity contribution in [1.82, 2.24) is 4.90 Å². The molecule has 158 valence electrons. The fourth-order valence-corrected chi connectivity index (χ4v) is 3.71. The van der Waals surface area contributed by atoms with Crippen molar-refractivity contribution in [2.45, 2.75) is 19.9 Å². The van der Waals surface area contributed by atoms with Gasteiger partial charge in [-0.3, -0.25) is 9.69 Å². The average molecular weight is 428 g/mol. The zero-order valence-electron chi connectivity index (χ0n) is 17.3. The molecule has 0 aliphatic carbocycles. The summed E-state index contributed by atoms with van der Waals surface area (Å²) in [4.78, 5) is 14.0. The van der Waals surface area contributed by atoms with Crippen molar-refractivity contribution in [2.75, 3.05) is 26.6 Å². The van der Waals surface area contributed by atoms with E-state index < -0.39 is 0 Å². The van der Waals surface area contributed by atoms with Gasteiger partial charge in [-0.05, 0) is 36.2 Å². The molecule has 0 unspecified atom stereocenters. The number of nitrogens with zero attached hydrogens (tertiary/aromatic N) is 3. The Kier molecular flexibility index (Phi) is 7.73. The molecule has 0 radical (unpaired) electrons. The Hall–Kier alpha value is -3.00. The summed E-state index contributed by atoms with van der Waals surface area (Å²) >= 11 is 1.38. The molecule has 1 saturated heterocycles. The van der Waals surface area contributed by atoms with Gasteiger partial charge in [0.05, 0.1) is 39.3 Å². The van der Waals surface area contributed by atoms with E-state index in [-0.39, 0.29) is 5.91 Å². The van der Waals surface area contributed by atoms with Crippen LogP contribution in [-0.4, -0.2) is 48.8 Å². The molecule has 2 aromatic carbocycles. The maximum absolute atomic E-state index is 12.3. The third-order valence-electron chi connectivity index (χ3n) is 4.37. The van der Waals surface area contributed by atoms with Crippen LogP contribution in [0.1, 0.15) is 24.5 Å². The van der Waals surface area contributed by atoms with E-state index in [1.54, 1.807) is 25.3 Å². The summed E-state index contributed by atoms with van der Waals surface area (Å²) in [6, 6.07) is 13.3. The fourth-order valence-electron chi connectivity index (χ4n) is 2.88. The zero-order valence-corrected chi connectivity index (χ0v) is 18.1. The lowest BCUT2D eigenvalue weighted by molar-refractivity contribution is -0.124. The molecule has 1 aliphatic rings. The van der Waals surface area contributed by atoms with Crippen LogP contribution in [-0.2, 0) is 11.3 Å². The number of carbonyl (C=O) groups excluding carboxylic acids is 1. The summed E-state index contributed by atoms with van der Waals surface area (Å²) in [5, 5.41) is 9.02.